The van der Waals surface area contributed by atoms with Crippen molar-refractivity contribution in [3.8, 4) is 0 Å². The first-order valence-corrected chi connectivity index (χ1v) is 56.6. The van der Waals surface area contributed by atoms with Crippen LogP contribution in [0.15, 0.2) is 83.8 Å². The zero-order valence-corrected chi connectivity index (χ0v) is 81.0. The number of aromatic nitrogens is 18. The van der Waals surface area contributed by atoms with E-state index in [2.05, 4.69) is 59.8 Å². The van der Waals surface area contributed by atoms with Crippen molar-refractivity contribution in [3.63, 3.8) is 0 Å². The number of nitrogens with two attached hydrogens (primary N) is 3. The van der Waals surface area contributed by atoms with Gasteiger partial charge in [-0.15, -0.1) is 0 Å². The van der Waals surface area contributed by atoms with E-state index in [-0.39, 0.29) is 106 Å². The van der Waals surface area contributed by atoms with Gasteiger partial charge in [0, 0.05) is 73.8 Å². The molecule has 0 radical (unpaired) electrons. The number of rotatable bonds is 42. The summed E-state index contributed by atoms with van der Waals surface area (Å²) >= 11 is 33.0. The fourth-order valence-electron chi connectivity index (χ4n) is 15.8. The molecule has 9 aromatic heterocycles. The number of fused-ring (bicyclic) bond motifs is 3. The van der Waals surface area contributed by atoms with Gasteiger partial charge in [-0.25, -0.2) is 49.3 Å². The molecule has 9 aromatic rings. The van der Waals surface area contributed by atoms with Gasteiger partial charge >= 0.3 is 17.1 Å². The molecule has 6 aliphatic heterocycles. The molecule has 133 heavy (non-hydrogen) atoms. The van der Waals surface area contributed by atoms with Gasteiger partial charge in [0.2, 0.25) is 5.95 Å². The molecule has 6 aliphatic rings. The van der Waals surface area contributed by atoms with Crippen LogP contribution in [0.5, 0.6) is 0 Å². The molecule has 0 aliphatic carbocycles. The number of ether oxygens (including phenoxy) is 6. The number of anilines is 3. The van der Waals surface area contributed by atoms with Crippen LogP contribution in [0.3, 0.4) is 0 Å². The van der Waals surface area contributed by atoms with Crippen molar-refractivity contribution in [2.75, 3.05) is 56.8 Å². The molecule has 15 rings (SSSR count). The van der Waals surface area contributed by atoms with Crippen LogP contribution in [0.1, 0.15) is 151 Å². The summed E-state index contributed by atoms with van der Waals surface area (Å²) in [6, 6.07) is 0. The normalized spacial score (nSPS) is 28.4. The minimum atomic E-state index is -5.00. The van der Waals surface area contributed by atoms with Crippen molar-refractivity contribution in [1.29, 1.82) is 0 Å². The molecule has 0 aromatic carbocycles. The topological polar surface area (TPSA) is 692 Å². The molecule has 52 nitrogen and oxygen atoms in total. The van der Waals surface area contributed by atoms with Gasteiger partial charge in [0.25, 0.3) is 22.2 Å². The van der Waals surface area contributed by atoms with Gasteiger partial charge in [-0.1, -0.05) is 105 Å². The number of aromatic amines is 4. The second-order valence-corrected chi connectivity index (χ2v) is 47.9. The van der Waals surface area contributed by atoms with Gasteiger partial charge in [0.05, 0.1) is 101 Å². The fourth-order valence-corrected chi connectivity index (χ4v) is 24.6. The smallest absolute Gasteiger partial charge is 0.330 e. The minimum Gasteiger partial charge on any atom is -0.780 e. The highest BCUT2D eigenvalue weighted by Gasteiger charge is 2.48. The predicted molar refractivity (Wildman–Crippen MR) is 476 cm³/mol. The molecule has 12 unspecified atom stereocenters. The molecule has 6 saturated heterocycles. The summed E-state index contributed by atoms with van der Waals surface area (Å²) in [6.45, 7) is -24.3. The Morgan fingerprint density at radius 1 is 0.398 bits per heavy atom. The number of unbranched alkanes of at least 4 members (excludes halogenated alkanes) is 4. The predicted octanol–water partition coefficient (Wildman–Crippen LogP) is 0.607. The zero-order chi connectivity index (χ0) is 95.1. The Hall–Kier alpha value is -6.20. The van der Waals surface area contributed by atoms with Crippen molar-refractivity contribution < 1.29 is 112 Å². The minimum absolute atomic E-state index is 0.00613. The second kappa shape index (κ2) is 42.1. The van der Waals surface area contributed by atoms with Crippen LogP contribution in [0.2, 0.25) is 0 Å². The van der Waals surface area contributed by atoms with Crippen molar-refractivity contribution in [2.45, 2.75) is 229 Å². The molecule has 728 valence electrons. The third kappa shape index (κ3) is 24.5. The average molecular weight is 2090 g/mol. The first kappa shape index (κ1) is 101. The standard InChI is InChI=1S/C69H95N21O31P6S6/c1-6-8-9-10-11-13-104-122(98,128)117-38-15-49(86-21-34(4)63(92)83-68(86)96)111-43(38)23-106-125(101,131)120-41-18-52(89-31-78-55-58(71)74-29-76-60(55)89)114-46(41)26-108-127(103,133)121-42-19-53(90-32-79-56-61(90)80-66(72)81-65(56)94)115-47(42)27-109-124(100,130)118-39-16-50(87-22-35(5)64(93)84-69(87)97)112-44(39)24-107-126(102,132)119-40-17-51(88-30-77-54-57(70)73-28-75-59(54)88)113-45(40)25-105-123(99,129)116-37-14-48(110-36(37)12-7-2)85-20-33(3)62(91)82-67(85)95/h20-22,28-32,36-53H,6-19,23-27H2,1-5H3,(H,98,128)(H,99,129)(H,100,130)(H,101,131)(H,102,132)(H,103,133)(H2,70,73,75)(H2,71,74,76)(H,82,91,95)(H,83,92,96)(H,84,93,97)(H3,72,80,81,94)/p-6/t36-,37?,38?,39?,40?,41?,42?,43-,44-,45-,46-,47-,48-,49-,50-,51-,52-,53-,122?,123?,124?,125?,126?,127?/m1/s1. The summed E-state index contributed by atoms with van der Waals surface area (Å²) in [6.07, 6.45) is -9.97. The Morgan fingerprint density at radius 2 is 0.714 bits per heavy atom. The number of H-pyrrole nitrogens is 4. The first-order valence-electron chi connectivity index (χ1n) is 41.3. The lowest BCUT2D eigenvalue weighted by atomic mass is 10.1. The van der Waals surface area contributed by atoms with Crippen LogP contribution in [0, 0.1) is 20.8 Å². The highest BCUT2D eigenvalue weighted by molar-refractivity contribution is 8.32. The maximum atomic E-state index is 15.0. The lowest BCUT2D eigenvalue weighted by molar-refractivity contribution is -0.221. The van der Waals surface area contributed by atoms with E-state index in [4.69, 9.17) is 171 Å². The molecular formula is C69H89N21O31P6S6-6. The van der Waals surface area contributed by atoms with E-state index in [1.807, 2.05) is 13.8 Å². The molecule has 6 fully saturated rings. The van der Waals surface area contributed by atoms with Gasteiger partial charge in [-0.2, -0.15) is 4.98 Å². The Morgan fingerprint density at radius 3 is 1.08 bits per heavy atom. The maximum absolute atomic E-state index is 15.0. The SMILES string of the molecule is CCCCCCCOP([O-])(=S)OC1C[C@H](n2cc(C)c(=O)[nH]c2=O)O[C@@H]1COP([O-])(=S)OC1C[C@H](n2cnc3c(N)ncnc32)O[C@@H]1COP([O-])(=S)OC1C[C@H](n2cnc3c(=O)[nH]c(N)nc32)O[C@@H]1COP([O-])(=S)OC1C[C@H](n2cc(C)c(=O)[nH]c2=O)O[C@@H]1COP(=O)([S-])OC1C[C@H](n2cnc3c(N)ncnc32)O[C@@H]1COP([O-])(=S)OC1C[C@H](n2cc(C)c(=O)[nH]c2=O)O[C@@H]1CCC. The third-order valence-corrected chi connectivity index (χ3v) is 31.7. The van der Waals surface area contributed by atoms with E-state index < -0.39 is 230 Å². The van der Waals surface area contributed by atoms with E-state index in [9.17, 15) is 62.6 Å². The second-order valence-electron chi connectivity index (χ2n) is 31.6. The van der Waals surface area contributed by atoms with Crippen LogP contribution in [0.4, 0.5) is 17.6 Å². The molecule has 0 bridgehead atoms. The number of aryl methyl sites for hydroxylation is 3. The zero-order valence-electron chi connectivity index (χ0n) is 70.7. The Balaban J connectivity index is 0.644. The molecular weight excluding hydrogens is 2000 g/mol. The summed E-state index contributed by atoms with van der Waals surface area (Å²) in [4.78, 5) is 206. The lowest BCUT2D eigenvalue weighted by Crippen LogP contribution is -2.34. The summed E-state index contributed by atoms with van der Waals surface area (Å²) in [5.74, 6) is -0.325. The van der Waals surface area contributed by atoms with E-state index in [0.29, 0.717) is 19.3 Å². The molecule has 64 heteroatoms. The quantitative estimate of drug-likeness (QED) is 0.0156. The largest absolute Gasteiger partial charge is 0.780 e. The molecule has 0 spiro atoms. The average Bonchev–Trinajstić information content (AvgIpc) is 1.61. The number of imidazole rings is 3. The van der Waals surface area contributed by atoms with Gasteiger partial charge in [0.15, 0.2) is 40.9 Å². The highest BCUT2D eigenvalue weighted by atomic mass is 32.7. The molecule has 10 N–H and O–H groups in total. The van der Waals surface area contributed by atoms with E-state index in [0.717, 1.165) is 41.1 Å². The summed E-state index contributed by atoms with van der Waals surface area (Å²) in [7, 11) is 0. The number of nitrogens with zero attached hydrogens (tertiary/aromatic N) is 14. The van der Waals surface area contributed by atoms with Gasteiger partial charge in [0.1, 0.15) is 125 Å². The number of nitrogens with one attached hydrogen (secondary N) is 4. The van der Waals surface area contributed by atoms with Crippen LogP contribution < -0.4 is 81.0 Å². The Bertz CT molecular complexity index is 6550. The van der Waals surface area contributed by atoms with Crippen molar-refractivity contribution in [1.82, 2.24) is 87.2 Å². The number of hydrogen-bond donors (Lipinski definition) is 7. The molecule has 0 saturated carbocycles. The first-order chi connectivity index (χ1) is 63.0. The van der Waals surface area contributed by atoms with Crippen LogP contribution in [-0.2, 0) is 159 Å². The fraction of sp³-hybridized carbons (Fsp3) is 0.609. The van der Waals surface area contributed by atoms with Crippen LogP contribution in [-0.4, -0.2) is 200 Å². The monoisotopic (exact) mass is 2090 g/mol. The maximum Gasteiger partial charge on any atom is 0.330 e. The van der Waals surface area contributed by atoms with E-state index in [1.54, 1.807) is 0 Å². The molecule has 0 amide bonds. The van der Waals surface area contributed by atoms with E-state index >= 15 is 0 Å². The third-order valence-electron chi connectivity index (χ3n) is 22.2. The van der Waals surface area contributed by atoms with Gasteiger partial charge in [-0.3, -0.25) is 71.1 Å². The number of nitrogen functional groups attached to an aromatic ring is 3. The van der Waals surface area contributed by atoms with Crippen LogP contribution in [0.25, 0.3) is 33.5 Å². The van der Waals surface area contributed by atoms with E-state index in [1.165, 1.54) is 82.9 Å². The molecule has 15 heterocycles. The van der Waals surface area contributed by atoms with Crippen molar-refractivity contribution in [3.05, 3.63) is 140 Å². The number of hydrogen-bond acceptors (Lipinski definition) is 48. The summed E-state index contributed by atoms with van der Waals surface area (Å²) < 4.78 is 131. The lowest BCUT2D eigenvalue weighted by Gasteiger charge is -2.36. The van der Waals surface area contributed by atoms with Gasteiger partial charge < -0.3 is 137 Å². The molecule has 24 atom stereocenters. The summed E-state index contributed by atoms with van der Waals surface area (Å²) in [5, 5.41) is 0. The van der Waals surface area contributed by atoms with Crippen LogP contribution >= 0.6 is 40.4 Å². The Kier molecular flexibility index (Phi) is 32.0. The van der Waals surface area contributed by atoms with Crippen molar-refractivity contribution in [2.24, 2.45) is 0 Å². The Labute approximate surface area is 782 Å². The van der Waals surface area contributed by atoms with Gasteiger partial charge in [-0.05, 0) is 33.6 Å². The summed E-state index contributed by atoms with van der Waals surface area (Å²) in [5.41, 5.74) is 13.7. The highest BCUT2D eigenvalue weighted by Crippen LogP contribution is 2.56. The van der Waals surface area contributed by atoms with Crippen molar-refractivity contribution >= 4 is 163 Å².